The van der Waals surface area contributed by atoms with Gasteiger partial charge in [0.15, 0.2) is 5.11 Å². The molecule has 0 saturated heterocycles. The maximum Gasteiger partial charge on any atom is 0.250 e. The SMILES string of the molecule is NC(=O)c1ccccc1NC(=S)Nc1cccc2ccccc12. The molecule has 0 atom stereocenters. The van der Waals surface area contributed by atoms with Crippen LogP contribution in [0.1, 0.15) is 10.4 Å². The first-order valence-electron chi connectivity index (χ1n) is 7.10. The number of hydrogen-bond acceptors (Lipinski definition) is 2. The van der Waals surface area contributed by atoms with E-state index in [2.05, 4.69) is 10.6 Å². The minimum absolute atomic E-state index is 0.398. The maximum absolute atomic E-state index is 11.5. The highest BCUT2D eigenvalue weighted by Gasteiger charge is 2.09. The van der Waals surface area contributed by atoms with Crippen molar-refractivity contribution in [1.29, 1.82) is 0 Å². The Morgan fingerprint density at radius 2 is 1.43 bits per heavy atom. The van der Waals surface area contributed by atoms with Crippen LogP contribution in [0.5, 0.6) is 0 Å². The second-order valence-electron chi connectivity index (χ2n) is 5.02. The Hall–Kier alpha value is -2.92. The lowest BCUT2D eigenvalue weighted by Gasteiger charge is -2.14. The zero-order chi connectivity index (χ0) is 16.2. The van der Waals surface area contributed by atoms with Crippen LogP contribution in [0.25, 0.3) is 10.8 Å². The topological polar surface area (TPSA) is 67.2 Å². The lowest BCUT2D eigenvalue weighted by molar-refractivity contribution is 0.100. The van der Waals surface area contributed by atoms with E-state index in [-0.39, 0.29) is 0 Å². The summed E-state index contributed by atoms with van der Waals surface area (Å²) in [6, 6.07) is 21.0. The number of carbonyl (C=O) groups excluding carboxylic acids is 1. The highest BCUT2D eigenvalue weighted by molar-refractivity contribution is 7.80. The van der Waals surface area contributed by atoms with Crippen molar-refractivity contribution in [3.05, 3.63) is 72.3 Å². The first-order valence-corrected chi connectivity index (χ1v) is 7.50. The Kier molecular flexibility index (Phi) is 4.21. The van der Waals surface area contributed by atoms with Crippen LogP contribution in [0.15, 0.2) is 66.7 Å². The number of primary amides is 1. The summed E-state index contributed by atoms with van der Waals surface area (Å²) in [6.07, 6.45) is 0. The summed E-state index contributed by atoms with van der Waals surface area (Å²) in [6.45, 7) is 0. The highest BCUT2D eigenvalue weighted by atomic mass is 32.1. The number of nitrogens with one attached hydrogen (secondary N) is 2. The first kappa shape index (κ1) is 15.0. The second-order valence-corrected chi connectivity index (χ2v) is 5.42. The smallest absolute Gasteiger partial charge is 0.250 e. The lowest BCUT2D eigenvalue weighted by Crippen LogP contribution is -2.22. The van der Waals surface area contributed by atoms with Crippen LogP contribution in [-0.4, -0.2) is 11.0 Å². The standard InChI is InChI=1S/C18H15N3OS/c19-17(22)14-9-3-4-10-16(14)21-18(23)20-15-11-5-7-12-6-1-2-8-13(12)15/h1-11H,(H2,19,22)(H2,20,21,23). The fraction of sp³-hybridized carbons (Fsp3) is 0. The van der Waals surface area contributed by atoms with Gasteiger partial charge in [-0.25, -0.2) is 0 Å². The van der Waals surface area contributed by atoms with Crippen molar-refractivity contribution < 1.29 is 4.79 Å². The van der Waals surface area contributed by atoms with E-state index in [1.165, 1.54) is 0 Å². The number of thiocarbonyl (C=S) groups is 1. The molecule has 3 rings (SSSR count). The van der Waals surface area contributed by atoms with E-state index in [9.17, 15) is 4.79 Å². The normalized spacial score (nSPS) is 10.3. The minimum Gasteiger partial charge on any atom is -0.366 e. The average molecular weight is 321 g/mol. The first-order chi connectivity index (χ1) is 11.1. The van der Waals surface area contributed by atoms with E-state index in [1.54, 1.807) is 18.2 Å². The number of hydrogen-bond donors (Lipinski definition) is 3. The van der Waals surface area contributed by atoms with Gasteiger partial charge in [0, 0.05) is 11.1 Å². The van der Waals surface area contributed by atoms with E-state index in [0.717, 1.165) is 16.5 Å². The van der Waals surface area contributed by atoms with E-state index < -0.39 is 5.91 Å². The minimum atomic E-state index is -0.499. The van der Waals surface area contributed by atoms with Crippen LogP contribution < -0.4 is 16.4 Å². The number of rotatable bonds is 3. The molecule has 0 heterocycles. The molecule has 0 unspecified atom stereocenters. The van der Waals surface area contributed by atoms with Crippen LogP contribution in [0, 0.1) is 0 Å². The molecule has 0 aliphatic rings. The van der Waals surface area contributed by atoms with E-state index in [1.807, 2.05) is 48.5 Å². The number of amides is 1. The molecule has 1 amide bonds. The maximum atomic E-state index is 11.5. The molecule has 23 heavy (non-hydrogen) atoms. The molecule has 0 aliphatic carbocycles. The molecule has 0 bridgehead atoms. The largest absolute Gasteiger partial charge is 0.366 e. The number of para-hydroxylation sites is 1. The van der Waals surface area contributed by atoms with Crippen LogP contribution in [0.2, 0.25) is 0 Å². The number of anilines is 2. The molecule has 3 aromatic carbocycles. The predicted molar refractivity (Wildman–Crippen MR) is 98.8 cm³/mol. The molecule has 0 fully saturated rings. The van der Waals surface area contributed by atoms with Crippen molar-refractivity contribution in [2.24, 2.45) is 5.73 Å². The fourth-order valence-corrected chi connectivity index (χ4v) is 2.64. The van der Waals surface area contributed by atoms with E-state index in [4.69, 9.17) is 18.0 Å². The molecular formula is C18H15N3OS. The fourth-order valence-electron chi connectivity index (χ4n) is 2.42. The third-order valence-corrected chi connectivity index (χ3v) is 3.68. The van der Waals surface area contributed by atoms with Gasteiger partial charge >= 0.3 is 0 Å². The summed E-state index contributed by atoms with van der Waals surface area (Å²) >= 11 is 5.35. The third-order valence-electron chi connectivity index (χ3n) is 3.48. The summed E-state index contributed by atoms with van der Waals surface area (Å²) in [5.74, 6) is -0.499. The van der Waals surface area contributed by atoms with Gasteiger partial charge in [-0.3, -0.25) is 4.79 Å². The molecule has 0 radical (unpaired) electrons. The number of nitrogens with two attached hydrogens (primary N) is 1. The molecular weight excluding hydrogens is 306 g/mol. The van der Waals surface area contributed by atoms with Crippen molar-refractivity contribution >= 4 is 45.4 Å². The van der Waals surface area contributed by atoms with Crippen molar-refractivity contribution in [2.45, 2.75) is 0 Å². The van der Waals surface area contributed by atoms with Crippen molar-refractivity contribution in [2.75, 3.05) is 10.6 Å². The van der Waals surface area contributed by atoms with Gasteiger partial charge in [0.25, 0.3) is 5.91 Å². The average Bonchev–Trinajstić information content (AvgIpc) is 2.55. The summed E-state index contributed by atoms with van der Waals surface area (Å²) in [5, 5.41) is 8.79. The Morgan fingerprint density at radius 3 is 2.26 bits per heavy atom. The zero-order valence-electron chi connectivity index (χ0n) is 12.2. The zero-order valence-corrected chi connectivity index (χ0v) is 13.1. The van der Waals surface area contributed by atoms with Crippen molar-refractivity contribution in [1.82, 2.24) is 0 Å². The van der Waals surface area contributed by atoms with Crippen LogP contribution in [0.3, 0.4) is 0 Å². The second kappa shape index (κ2) is 6.46. The van der Waals surface area contributed by atoms with Crippen molar-refractivity contribution in [3.8, 4) is 0 Å². The van der Waals surface area contributed by atoms with Gasteiger partial charge in [-0.05, 0) is 35.8 Å². The molecule has 4 N–H and O–H groups in total. The number of carbonyl (C=O) groups is 1. The summed E-state index contributed by atoms with van der Waals surface area (Å²) in [5.41, 5.74) is 7.25. The van der Waals surface area contributed by atoms with Gasteiger partial charge in [0.05, 0.1) is 11.3 Å². The molecule has 0 saturated carbocycles. The Bertz CT molecular complexity index is 887. The number of benzene rings is 3. The van der Waals surface area contributed by atoms with E-state index in [0.29, 0.717) is 16.4 Å². The summed E-state index contributed by atoms with van der Waals surface area (Å²) in [7, 11) is 0. The van der Waals surface area contributed by atoms with Gasteiger partial charge in [0.2, 0.25) is 0 Å². The van der Waals surface area contributed by atoms with Gasteiger partial charge in [-0.2, -0.15) is 0 Å². The van der Waals surface area contributed by atoms with Crippen molar-refractivity contribution in [3.63, 3.8) is 0 Å². The van der Waals surface area contributed by atoms with Crippen LogP contribution in [0.4, 0.5) is 11.4 Å². The van der Waals surface area contributed by atoms with Gasteiger partial charge in [-0.15, -0.1) is 0 Å². The molecule has 0 aliphatic heterocycles. The third kappa shape index (κ3) is 3.30. The Labute approximate surface area is 139 Å². The van der Waals surface area contributed by atoms with Crippen LogP contribution >= 0.6 is 12.2 Å². The highest BCUT2D eigenvalue weighted by Crippen LogP contribution is 2.23. The molecule has 5 heteroatoms. The molecule has 3 aromatic rings. The molecule has 114 valence electrons. The molecule has 4 nitrogen and oxygen atoms in total. The summed E-state index contributed by atoms with van der Waals surface area (Å²) < 4.78 is 0. The van der Waals surface area contributed by atoms with Gasteiger partial charge < -0.3 is 16.4 Å². The molecule has 0 spiro atoms. The Morgan fingerprint density at radius 1 is 0.826 bits per heavy atom. The van der Waals surface area contributed by atoms with Gasteiger partial charge in [-0.1, -0.05) is 48.5 Å². The van der Waals surface area contributed by atoms with Gasteiger partial charge in [0.1, 0.15) is 0 Å². The monoisotopic (exact) mass is 321 g/mol. The van der Waals surface area contributed by atoms with E-state index >= 15 is 0 Å². The van der Waals surface area contributed by atoms with Crippen LogP contribution in [-0.2, 0) is 0 Å². The quantitative estimate of drug-likeness (QED) is 0.643. The lowest BCUT2D eigenvalue weighted by atomic mass is 10.1. The number of fused-ring (bicyclic) bond motifs is 1. The molecule has 0 aromatic heterocycles. The Balaban J connectivity index is 1.84. The summed E-state index contributed by atoms with van der Waals surface area (Å²) in [4.78, 5) is 11.5. The predicted octanol–water partition coefficient (Wildman–Crippen LogP) is 3.75.